The van der Waals surface area contributed by atoms with Crippen molar-refractivity contribution in [1.82, 2.24) is 0 Å². The van der Waals surface area contributed by atoms with E-state index >= 15 is 0 Å². The third-order valence-electron chi connectivity index (χ3n) is 2.04. The van der Waals surface area contributed by atoms with Gasteiger partial charge in [0.25, 0.3) is 0 Å². The molecule has 1 saturated carbocycles. The number of hydrogen-bond acceptors (Lipinski definition) is 0. The minimum Gasteiger partial charge on any atom is -0.0991 e. The first-order valence-electron chi connectivity index (χ1n) is 4.30. The molecule has 1 aliphatic rings. The van der Waals surface area contributed by atoms with Gasteiger partial charge in [-0.15, -0.1) is 0 Å². The first-order chi connectivity index (χ1) is 5.33. The summed E-state index contributed by atoms with van der Waals surface area (Å²) in [6.07, 6.45) is 11.2. The van der Waals surface area contributed by atoms with Crippen molar-refractivity contribution in [1.29, 1.82) is 0 Å². The molecule has 1 rings (SSSR count). The summed E-state index contributed by atoms with van der Waals surface area (Å²) in [5, 5.41) is 0. The molecule has 0 N–H and O–H groups in total. The van der Waals surface area contributed by atoms with Gasteiger partial charge in [-0.1, -0.05) is 49.8 Å². The number of allylic oxidation sites excluding steroid dienone is 4. The van der Waals surface area contributed by atoms with Crippen LogP contribution in [0.4, 0.5) is 0 Å². The Morgan fingerprint density at radius 2 is 2.18 bits per heavy atom. The first-order valence-corrected chi connectivity index (χ1v) is 4.30. The zero-order valence-corrected chi connectivity index (χ0v) is 7.05. The second kappa shape index (κ2) is 4.17. The van der Waals surface area contributed by atoms with Crippen molar-refractivity contribution in [3.63, 3.8) is 0 Å². The minimum absolute atomic E-state index is 1.02. The predicted octanol–water partition coefficient (Wildman–Crippen LogP) is 3.48. The molecule has 0 radical (unpaired) electrons. The smallest absolute Gasteiger partial charge is 0.0282 e. The Morgan fingerprint density at radius 1 is 1.45 bits per heavy atom. The van der Waals surface area contributed by atoms with E-state index in [0.717, 1.165) is 12.3 Å². The molecule has 0 spiro atoms. The molecule has 0 aliphatic heterocycles. The third kappa shape index (κ3) is 3.82. The summed E-state index contributed by atoms with van der Waals surface area (Å²) in [4.78, 5) is 0. The van der Waals surface area contributed by atoms with Gasteiger partial charge in [-0.3, -0.25) is 0 Å². The van der Waals surface area contributed by atoms with E-state index in [1.165, 1.54) is 24.8 Å². The van der Waals surface area contributed by atoms with Gasteiger partial charge in [-0.05, 0) is 18.8 Å². The van der Waals surface area contributed by atoms with Gasteiger partial charge in [0.15, 0.2) is 0 Å². The third-order valence-corrected chi connectivity index (χ3v) is 2.04. The van der Waals surface area contributed by atoms with Gasteiger partial charge in [0.05, 0.1) is 0 Å². The van der Waals surface area contributed by atoms with Crippen molar-refractivity contribution in [2.45, 2.75) is 25.7 Å². The van der Waals surface area contributed by atoms with Crippen LogP contribution in [0.15, 0.2) is 37.0 Å². The molecular formula is C11H16. The maximum Gasteiger partial charge on any atom is -0.0282 e. The van der Waals surface area contributed by atoms with Crippen molar-refractivity contribution in [2.75, 3.05) is 0 Å². The molecule has 0 nitrogen and oxygen atoms in total. The quantitative estimate of drug-likeness (QED) is 0.524. The maximum atomic E-state index is 3.96. The zero-order valence-electron chi connectivity index (χ0n) is 7.05. The highest BCUT2D eigenvalue weighted by Crippen LogP contribution is 2.34. The van der Waals surface area contributed by atoms with E-state index < -0.39 is 0 Å². The lowest BCUT2D eigenvalue weighted by atomic mass is 10.1. The highest BCUT2D eigenvalue weighted by molar-refractivity contribution is 5.18. The normalized spacial score (nSPS) is 17.1. The fourth-order valence-electron chi connectivity index (χ4n) is 1.08. The lowest BCUT2D eigenvalue weighted by molar-refractivity contribution is 0.730. The second-order valence-electron chi connectivity index (χ2n) is 3.24. The summed E-state index contributed by atoms with van der Waals surface area (Å²) < 4.78 is 0. The maximum absolute atomic E-state index is 3.96. The average Bonchev–Trinajstić information content (AvgIpc) is 2.80. The van der Waals surface area contributed by atoms with Crippen LogP contribution in [0, 0.1) is 5.92 Å². The Balaban J connectivity index is 2.08. The van der Waals surface area contributed by atoms with Crippen LogP contribution < -0.4 is 0 Å². The van der Waals surface area contributed by atoms with E-state index in [-0.39, 0.29) is 0 Å². The molecule has 0 bridgehead atoms. The van der Waals surface area contributed by atoms with Crippen LogP contribution in [-0.2, 0) is 0 Å². The van der Waals surface area contributed by atoms with E-state index in [9.17, 15) is 0 Å². The van der Waals surface area contributed by atoms with Gasteiger partial charge in [0.1, 0.15) is 0 Å². The first kappa shape index (κ1) is 8.32. The molecule has 0 aromatic rings. The van der Waals surface area contributed by atoms with Crippen LogP contribution in [-0.4, -0.2) is 0 Å². The standard InChI is InChI=1S/C11H16/c1-3-4-5-10(2)6-7-11-8-9-11/h3-5,11H,1-2,6-9H2/b5-4-. The molecule has 0 aromatic heterocycles. The summed E-state index contributed by atoms with van der Waals surface area (Å²) in [5.41, 5.74) is 1.23. The van der Waals surface area contributed by atoms with E-state index in [4.69, 9.17) is 0 Å². The van der Waals surface area contributed by atoms with Crippen molar-refractivity contribution in [3.8, 4) is 0 Å². The van der Waals surface area contributed by atoms with Crippen LogP contribution in [0.2, 0.25) is 0 Å². The SMILES string of the molecule is C=C/C=C\C(=C)CCC1CC1. The van der Waals surface area contributed by atoms with Crippen molar-refractivity contribution in [3.05, 3.63) is 37.0 Å². The molecular weight excluding hydrogens is 132 g/mol. The largest absolute Gasteiger partial charge is 0.0991 e. The lowest BCUT2D eigenvalue weighted by Crippen LogP contribution is -1.79. The predicted molar refractivity (Wildman–Crippen MR) is 50.4 cm³/mol. The van der Waals surface area contributed by atoms with Crippen molar-refractivity contribution < 1.29 is 0 Å². The van der Waals surface area contributed by atoms with Gasteiger partial charge in [-0.2, -0.15) is 0 Å². The minimum atomic E-state index is 1.02. The summed E-state index contributed by atoms with van der Waals surface area (Å²) in [5.74, 6) is 1.02. The molecule has 0 saturated heterocycles. The van der Waals surface area contributed by atoms with E-state index in [0.29, 0.717) is 0 Å². The van der Waals surface area contributed by atoms with Crippen molar-refractivity contribution in [2.24, 2.45) is 5.92 Å². The van der Waals surface area contributed by atoms with Crippen LogP contribution >= 0.6 is 0 Å². The molecule has 0 heterocycles. The highest BCUT2D eigenvalue weighted by Gasteiger charge is 2.20. The number of rotatable bonds is 5. The Morgan fingerprint density at radius 3 is 2.73 bits per heavy atom. The van der Waals surface area contributed by atoms with Gasteiger partial charge in [-0.25, -0.2) is 0 Å². The molecule has 11 heavy (non-hydrogen) atoms. The fraction of sp³-hybridized carbons (Fsp3) is 0.455. The average molecular weight is 148 g/mol. The molecule has 0 aromatic carbocycles. The summed E-state index contributed by atoms with van der Waals surface area (Å²) >= 11 is 0. The molecule has 0 amide bonds. The van der Waals surface area contributed by atoms with E-state index in [2.05, 4.69) is 19.2 Å². The number of hydrogen-bond donors (Lipinski definition) is 0. The van der Waals surface area contributed by atoms with E-state index in [1.807, 2.05) is 6.08 Å². The monoisotopic (exact) mass is 148 g/mol. The van der Waals surface area contributed by atoms with Gasteiger partial charge >= 0.3 is 0 Å². The molecule has 1 fully saturated rings. The van der Waals surface area contributed by atoms with Gasteiger partial charge < -0.3 is 0 Å². The lowest BCUT2D eigenvalue weighted by Gasteiger charge is -1.96. The molecule has 0 heteroatoms. The summed E-state index contributed by atoms with van der Waals surface area (Å²) in [6.45, 7) is 7.57. The zero-order chi connectivity index (χ0) is 8.10. The van der Waals surface area contributed by atoms with Crippen LogP contribution in [0.1, 0.15) is 25.7 Å². The molecule has 60 valence electrons. The highest BCUT2D eigenvalue weighted by atomic mass is 14.3. The van der Waals surface area contributed by atoms with Crippen LogP contribution in [0.5, 0.6) is 0 Å². The Hall–Kier alpha value is -0.780. The second-order valence-corrected chi connectivity index (χ2v) is 3.24. The van der Waals surface area contributed by atoms with E-state index in [1.54, 1.807) is 6.08 Å². The Kier molecular flexibility index (Phi) is 3.15. The molecule has 1 aliphatic carbocycles. The molecule has 0 unspecified atom stereocenters. The topological polar surface area (TPSA) is 0 Å². The Bertz CT molecular complexity index is 170. The Labute approximate surface area is 69.3 Å². The molecule has 0 atom stereocenters. The summed E-state index contributed by atoms with van der Waals surface area (Å²) in [7, 11) is 0. The van der Waals surface area contributed by atoms with Gasteiger partial charge in [0, 0.05) is 0 Å². The fourth-order valence-corrected chi connectivity index (χ4v) is 1.08. The van der Waals surface area contributed by atoms with Gasteiger partial charge in [0.2, 0.25) is 0 Å². The van der Waals surface area contributed by atoms with Crippen LogP contribution in [0.25, 0.3) is 0 Å². The van der Waals surface area contributed by atoms with Crippen molar-refractivity contribution >= 4 is 0 Å². The summed E-state index contributed by atoms with van der Waals surface area (Å²) in [6, 6.07) is 0. The van der Waals surface area contributed by atoms with Crippen LogP contribution in [0.3, 0.4) is 0 Å².